The van der Waals surface area contributed by atoms with E-state index in [4.69, 9.17) is 21.1 Å². The molecule has 0 saturated heterocycles. The fourth-order valence-electron chi connectivity index (χ4n) is 1.98. The van der Waals surface area contributed by atoms with Crippen LogP contribution in [-0.2, 0) is 6.54 Å². The average molecular weight is 290 g/mol. The molecular formula is C15H12ClNO3. The van der Waals surface area contributed by atoms with Gasteiger partial charge in [-0.2, -0.15) is 0 Å². The Bertz CT molecular complexity index is 643. The number of benzene rings is 2. The number of amides is 1. The highest BCUT2D eigenvalue weighted by molar-refractivity contribution is 6.32. The summed E-state index contributed by atoms with van der Waals surface area (Å²) in [6, 6.07) is 12.9. The van der Waals surface area contributed by atoms with Gasteiger partial charge in [0.25, 0.3) is 5.91 Å². The summed E-state index contributed by atoms with van der Waals surface area (Å²) in [5.41, 5.74) is 1.49. The molecule has 2 aromatic carbocycles. The SMILES string of the molecule is O=C(NCc1ccccc1)c1cc(Cl)c2c(c1)OCO2. The van der Waals surface area contributed by atoms with Crippen molar-refractivity contribution in [1.82, 2.24) is 5.32 Å². The molecule has 2 aromatic rings. The molecule has 4 nitrogen and oxygen atoms in total. The molecule has 1 N–H and O–H groups in total. The van der Waals surface area contributed by atoms with Crippen LogP contribution in [0.5, 0.6) is 11.5 Å². The number of hydrogen-bond donors (Lipinski definition) is 1. The van der Waals surface area contributed by atoms with E-state index in [1.54, 1.807) is 12.1 Å². The van der Waals surface area contributed by atoms with Crippen molar-refractivity contribution in [2.75, 3.05) is 6.79 Å². The first-order valence-corrected chi connectivity index (χ1v) is 6.53. The first-order valence-electron chi connectivity index (χ1n) is 6.15. The molecule has 5 heteroatoms. The highest BCUT2D eigenvalue weighted by Crippen LogP contribution is 2.39. The molecule has 0 fully saturated rings. The second kappa shape index (κ2) is 5.43. The zero-order chi connectivity index (χ0) is 13.9. The van der Waals surface area contributed by atoms with Crippen LogP contribution in [0.15, 0.2) is 42.5 Å². The summed E-state index contributed by atoms with van der Waals surface area (Å²) < 4.78 is 10.5. The molecule has 1 amide bonds. The second-order valence-corrected chi connectivity index (χ2v) is 4.77. The number of ether oxygens (including phenoxy) is 2. The van der Waals surface area contributed by atoms with Gasteiger partial charge >= 0.3 is 0 Å². The number of halogens is 1. The summed E-state index contributed by atoms with van der Waals surface area (Å²) in [4.78, 5) is 12.1. The van der Waals surface area contributed by atoms with Crippen molar-refractivity contribution in [2.45, 2.75) is 6.54 Å². The Morgan fingerprint density at radius 3 is 2.80 bits per heavy atom. The van der Waals surface area contributed by atoms with E-state index >= 15 is 0 Å². The van der Waals surface area contributed by atoms with Crippen LogP contribution in [0.2, 0.25) is 5.02 Å². The van der Waals surface area contributed by atoms with Gasteiger partial charge in [0.1, 0.15) is 0 Å². The van der Waals surface area contributed by atoms with Gasteiger partial charge in [-0.3, -0.25) is 4.79 Å². The number of rotatable bonds is 3. The zero-order valence-electron chi connectivity index (χ0n) is 10.6. The lowest BCUT2D eigenvalue weighted by atomic mass is 10.1. The summed E-state index contributed by atoms with van der Waals surface area (Å²) in [6.07, 6.45) is 0. The molecule has 0 aliphatic carbocycles. The Kier molecular flexibility index (Phi) is 3.48. The van der Waals surface area contributed by atoms with Crippen molar-refractivity contribution in [1.29, 1.82) is 0 Å². The first kappa shape index (κ1) is 12.8. The summed E-state index contributed by atoms with van der Waals surface area (Å²) in [5.74, 6) is 0.794. The van der Waals surface area contributed by atoms with Gasteiger partial charge in [0.2, 0.25) is 6.79 Å². The lowest BCUT2D eigenvalue weighted by Crippen LogP contribution is -2.22. The molecule has 0 bridgehead atoms. The van der Waals surface area contributed by atoms with Crippen LogP contribution in [0.25, 0.3) is 0 Å². The topological polar surface area (TPSA) is 47.6 Å². The first-order chi connectivity index (χ1) is 9.74. The third-order valence-corrected chi connectivity index (χ3v) is 3.27. The molecule has 20 heavy (non-hydrogen) atoms. The monoisotopic (exact) mass is 289 g/mol. The zero-order valence-corrected chi connectivity index (χ0v) is 11.3. The molecule has 0 unspecified atom stereocenters. The highest BCUT2D eigenvalue weighted by atomic mass is 35.5. The minimum atomic E-state index is -0.200. The van der Waals surface area contributed by atoms with Crippen LogP contribution in [0.1, 0.15) is 15.9 Å². The molecule has 102 valence electrons. The molecular weight excluding hydrogens is 278 g/mol. The van der Waals surface area contributed by atoms with Crippen LogP contribution in [0.4, 0.5) is 0 Å². The average Bonchev–Trinajstić information content (AvgIpc) is 2.95. The summed E-state index contributed by atoms with van der Waals surface area (Å²) in [6.45, 7) is 0.593. The molecule has 0 aromatic heterocycles. The molecule has 0 atom stereocenters. The van der Waals surface area contributed by atoms with Crippen LogP contribution < -0.4 is 14.8 Å². The number of nitrogens with one attached hydrogen (secondary N) is 1. The Balaban J connectivity index is 1.73. The molecule has 1 aliphatic rings. The Labute approximate surface area is 121 Å². The van der Waals surface area contributed by atoms with E-state index in [2.05, 4.69) is 5.32 Å². The van der Waals surface area contributed by atoms with Crippen LogP contribution in [-0.4, -0.2) is 12.7 Å². The largest absolute Gasteiger partial charge is 0.454 e. The molecule has 0 radical (unpaired) electrons. The summed E-state index contributed by atoms with van der Waals surface area (Å²) in [7, 11) is 0. The Morgan fingerprint density at radius 2 is 2.00 bits per heavy atom. The van der Waals surface area contributed by atoms with Crippen molar-refractivity contribution in [2.24, 2.45) is 0 Å². The van der Waals surface area contributed by atoms with Gasteiger partial charge in [-0.05, 0) is 17.7 Å². The van der Waals surface area contributed by atoms with Crippen LogP contribution in [0, 0.1) is 0 Å². The molecule has 1 aliphatic heterocycles. The van der Waals surface area contributed by atoms with E-state index in [1.165, 1.54) is 0 Å². The minimum absolute atomic E-state index is 0.129. The van der Waals surface area contributed by atoms with Crippen LogP contribution in [0.3, 0.4) is 0 Å². The van der Waals surface area contributed by atoms with Gasteiger partial charge in [-0.25, -0.2) is 0 Å². The summed E-state index contributed by atoms with van der Waals surface area (Å²) in [5, 5.41) is 3.22. The maximum absolute atomic E-state index is 12.1. The van der Waals surface area contributed by atoms with Crippen molar-refractivity contribution in [3.05, 3.63) is 58.6 Å². The van der Waals surface area contributed by atoms with E-state index in [-0.39, 0.29) is 12.7 Å². The van der Waals surface area contributed by atoms with E-state index in [0.717, 1.165) is 5.56 Å². The molecule has 1 heterocycles. The Morgan fingerprint density at radius 1 is 1.20 bits per heavy atom. The Hall–Kier alpha value is -2.20. The predicted molar refractivity (Wildman–Crippen MR) is 75.2 cm³/mol. The standard InChI is InChI=1S/C15H12ClNO3/c16-12-6-11(7-13-14(12)20-9-19-13)15(18)17-8-10-4-2-1-3-5-10/h1-7H,8-9H2,(H,17,18). The highest BCUT2D eigenvalue weighted by Gasteiger charge is 2.20. The van der Waals surface area contributed by atoms with Gasteiger partial charge < -0.3 is 14.8 Å². The normalized spacial score (nSPS) is 12.2. The number of carbonyl (C=O) groups excluding carboxylic acids is 1. The number of hydrogen-bond acceptors (Lipinski definition) is 3. The maximum Gasteiger partial charge on any atom is 0.251 e. The van der Waals surface area contributed by atoms with Crippen LogP contribution >= 0.6 is 11.6 Å². The molecule has 0 spiro atoms. The number of fused-ring (bicyclic) bond motifs is 1. The lowest BCUT2D eigenvalue weighted by Gasteiger charge is -2.07. The lowest BCUT2D eigenvalue weighted by molar-refractivity contribution is 0.0950. The smallest absolute Gasteiger partial charge is 0.251 e. The van der Waals surface area contributed by atoms with Crippen molar-refractivity contribution in [3.8, 4) is 11.5 Å². The van der Waals surface area contributed by atoms with Crippen molar-refractivity contribution >= 4 is 17.5 Å². The molecule has 0 saturated carbocycles. The molecule has 3 rings (SSSR count). The van der Waals surface area contributed by atoms with E-state index in [0.29, 0.717) is 28.6 Å². The second-order valence-electron chi connectivity index (χ2n) is 4.36. The maximum atomic E-state index is 12.1. The predicted octanol–water partition coefficient (Wildman–Crippen LogP) is 3.00. The minimum Gasteiger partial charge on any atom is -0.454 e. The van der Waals surface area contributed by atoms with Gasteiger partial charge in [0.15, 0.2) is 11.5 Å². The van der Waals surface area contributed by atoms with E-state index in [9.17, 15) is 4.79 Å². The van der Waals surface area contributed by atoms with Gasteiger partial charge in [0, 0.05) is 12.1 Å². The van der Waals surface area contributed by atoms with Crippen molar-refractivity contribution < 1.29 is 14.3 Å². The fraction of sp³-hybridized carbons (Fsp3) is 0.133. The van der Waals surface area contributed by atoms with E-state index < -0.39 is 0 Å². The quantitative estimate of drug-likeness (QED) is 0.945. The van der Waals surface area contributed by atoms with Crippen molar-refractivity contribution in [3.63, 3.8) is 0 Å². The third kappa shape index (κ3) is 2.56. The summed E-state index contributed by atoms with van der Waals surface area (Å²) >= 11 is 6.05. The fourth-order valence-corrected chi connectivity index (χ4v) is 2.24. The van der Waals surface area contributed by atoms with Gasteiger partial charge in [-0.1, -0.05) is 41.9 Å². The van der Waals surface area contributed by atoms with Gasteiger partial charge in [0.05, 0.1) is 5.02 Å². The third-order valence-electron chi connectivity index (χ3n) is 2.99. The van der Waals surface area contributed by atoms with E-state index in [1.807, 2.05) is 30.3 Å². The van der Waals surface area contributed by atoms with Gasteiger partial charge in [-0.15, -0.1) is 0 Å². The number of carbonyl (C=O) groups is 1.